The molecule has 1 amide bonds. The van der Waals surface area contributed by atoms with Crippen molar-refractivity contribution < 1.29 is 4.79 Å². The largest absolute Gasteiger partial charge is 0.349 e. The second kappa shape index (κ2) is 9.09. The van der Waals surface area contributed by atoms with Gasteiger partial charge in [0.1, 0.15) is 0 Å². The van der Waals surface area contributed by atoms with E-state index in [0.29, 0.717) is 11.7 Å². The molecule has 0 heterocycles. The fourth-order valence-electron chi connectivity index (χ4n) is 3.19. The first-order valence-corrected chi connectivity index (χ1v) is 10.5. The number of hydrogen-bond donors (Lipinski definition) is 1. The van der Waals surface area contributed by atoms with Gasteiger partial charge in [0.15, 0.2) is 0 Å². The summed E-state index contributed by atoms with van der Waals surface area (Å²) in [6.45, 7) is 6.49. The van der Waals surface area contributed by atoms with Crippen LogP contribution in [-0.4, -0.2) is 11.7 Å². The number of fused-ring (bicyclic) bond motifs is 1. The summed E-state index contributed by atoms with van der Waals surface area (Å²) in [5, 5.41) is 5.53. The minimum absolute atomic E-state index is 0.0165. The molecule has 0 aliphatic carbocycles. The Kier molecular flexibility index (Phi) is 6.57. The van der Waals surface area contributed by atoms with Crippen molar-refractivity contribution in [1.29, 1.82) is 0 Å². The molecule has 1 atom stereocenters. The summed E-state index contributed by atoms with van der Waals surface area (Å²) in [5.41, 5.74) is 2.49. The number of amides is 1. The highest BCUT2D eigenvalue weighted by atomic mass is 32.2. The van der Waals surface area contributed by atoms with Crippen molar-refractivity contribution in [1.82, 2.24) is 5.32 Å². The van der Waals surface area contributed by atoms with E-state index in [1.807, 2.05) is 19.1 Å². The fourth-order valence-corrected chi connectivity index (χ4v) is 3.94. The predicted octanol–water partition coefficient (Wildman–Crippen LogP) is 6.01. The molecule has 27 heavy (non-hydrogen) atoms. The first-order chi connectivity index (χ1) is 13.0. The third kappa shape index (κ3) is 5.61. The van der Waals surface area contributed by atoms with Crippen LogP contribution in [0.15, 0.2) is 71.6 Å². The van der Waals surface area contributed by atoms with Gasteiger partial charge in [-0.1, -0.05) is 68.4 Å². The highest BCUT2D eigenvalue weighted by molar-refractivity contribution is 8.00. The molecule has 140 valence electrons. The second-order valence-electron chi connectivity index (χ2n) is 7.43. The van der Waals surface area contributed by atoms with Crippen molar-refractivity contribution in [3.63, 3.8) is 0 Å². The SMILES string of the molecule is CC(C)Cc1ccc([C@@H](C)NC(=O)CSc2ccc3ccccc3c2)cc1. The molecule has 0 saturated heterocycles. The summed E-state index contributed by atoms with van der Waals surface area (Å²) in [7, 11) is 0. The minimum atomic E-state index is 0.0165. The van der Waals surface area contributed by atoms with E-state index in [-0.39, 0.29) is 11.9 Å². The molecular formula is C24H27NOS. The van der Waals surface area contributed by atoms with Gasteiger partial charge in [0, 0.05) is 4.90 Å². The molecule has 0 fully saturated rings. The molecule has 0 spiro atoms. The molecule has 2 nitrogen and oxygen atoms in total. The molecule has 0 aliphatic heterocycles. The van der Waals surface area contributed by atoms with Crippen LogP contribution in [0, 0.1) is 5.92 Å². The van der Waals surface area contributed by atoms with Crippen molar-refractivity contribution in [2.24, 2.45) is 5.92 Å². The van der Waals surface area contributed by atoms with E-state index in [2.05, 4.69) is 73.8 Å². The van der Waals surface area contributed by atoms with Crippen molar-refractivity contribution >= 4 is 28.4 Å². The van der Waals surface area contributed by atoms with Crippen LogP contribution in [0.2, 0.25) is 0 Å². The van der Waals surface area contributed by atoms with E-state index in [1.54, 1.807) is 11.8 Å². The quantitative estimate of drug-likeness (QED) is 0.511. The number of nitrogens with one attached hydrogen (secondary N) is 1. The summed E-state index contributed by atoms with van der Waals surface area (Å²) in [6, 6.07) is 23.2. The summed E-state index contributed by atoms with van der Waals surface area (Å²) >= 11 is 1.58. The van der Waals surface area contributed by atoms with E-state index in [1.165, 1.54) is 16.3 Å². The summed E-state index contributed by atoms with van der Waals surface area (Å²) in [4.78, 5) is 13.5. The fraction of sp³-hybridized carbons (Fsp3) is 0.292. The molecule has 0 aromatic heterocycles. The number of carbonyl (C=O) groups is 1. The third-order valence-electron chi connectivity index (χ3n) is 4.59. The summed E-state index contributed by atoms with van der Waals surface area (Å²) in [6.07, 6.45) is 1.09. The molecule has 3 aromatic carbocycles. The zero-order valence-electron chi connectivity index (χ0n) is 16.2. The lowest BCUT2D eigenvalue weighted by molar-refractivity contribution is -0.119. The molecule has 0 radical (unpaired) electrons. The van der Waals surface area contributed by atoms with Gasteiger partial charge in [0.25, 0.3) is 0 Å². The van der Waals surface area contributed by atoms with Crippen LogP contribution in [0.1, 0.15) is 37.9 Å². The zero-order valence-corrected chi connectivity index (χ0v) is 17.1. The Morgan fingerprint density at radius 2 is 1.63 bits per heavy atom. The number of carbonyl (C=O) groups excluding carboxylic acids is 1. The van der Waals surface area contributed by atoms with Crippen molar-refractivity contribution in [2.45, 2.75) is 38.1 Å². The Morgan fingerprint density at radius 3 is 2.33 bits per heavy atom. The molecule has 0 unspecified atom stereocenters. The Bertz CT molecular complexity index is 902. The van der Waals surface area contributed by atoms with Crippen LogP contribution in [-0.2, 0) is 11.2 Å². The topological polar surface area (TPSA) is 29.1 Å². The summed E-state index contributed by atoms with van der Waals surface area (Å²) in [5.74, 6) is 1.14. The third-order valence-corrected chi connectivity index (χ3v) is 5.59. The van der Waals surface area contributed by atoms with Crippen molar-refractivity contribution in [2.75, 3.05) is 5.75 Å². The van der Waals surface area contributed by atoms with Gasteiger partial charge in [0.2, 0.25) is 5.91 Å². The van der Waals surface area contributed by atoms with Gasteiger partial charge in [-0.3, -0.25) is 4.79 Å². The Labute approximate surface area is 166 Å². The second-order valence-corrected chi connectivity index (χ2v) is 8.48. The molecule has 3 aromatic rings. The zero-order chi connectivity index (χ0) is 19.2. The summed E-state index contributed by atoms with van der Waals surface area (Å²) < 4.78 is 0. The van der Waals surface area contributed by atoms with E-state index < -0.39 is 0 Å². The monoisotopic (exact) mass is 377 g/mol. The van der Waals surface area contributed by atoms with E-state index in [0.717, 1.165) is 16.9 Å². The van der Waals surface area contributed by atoms with E-state index in [4.69, 9.17) is 0 Å². The highest BCUT2D eigenvalue weighted by Gasteiger charge is 2.10. The number of benzene rings is 3. The maximum absolute atomic E-state index is 12.3. The van der Waals surface area contributed by atoms with Gasteiger partial charge in [-0.15, -0.1) is 11.8 Å². The Hall–Kier alpha value is -2.26. The molecule has 0 aliphatic rings. The van der Waals surface area contributed by atoms with Crippen LogP contribution in [0.5, 0.6) is 0 Å². The van der Waals surface area contributed by atoms with Crippen LogP contribution < -0.4 is 5.32 Å². The van der Waals surface area contributed by atoms with Crippen LogP contribution in [0.4, 0.5) is 0 Å². The maximum atomic E-state index is 12.3. The number of thioether (sulfide) groups is 1. The molecule has 0 saturated carbocycles. The van der Waals surface area contributed by atoms with Gasteiger partial charge < -0.3 is 5.32 Å². The van der Waals surface area contributed by atoms with Crippen molar-refractivity contribution in [3.05, 3.63) is 77.9 Å². The number of hydrogen-bond acceptors (Lipinski definition) is 2. The van der Waals surface area contributed by atoms with Gasteiger partial charge in [0.05, 0.1) is 11.8 Å². The molecule has 0 bridgehead atoms. The van der Waals surface area contributed by atoms with E-state index >= 15 is 0 Å². The normalized spacial score (nSPS) is 12.3. The lowest BCUT2D eigenvalue weighted by atomic mass is 10.00. The van der Waals surface area contributed by atoms with Gasteiger partial charge in [-0.25, -0.2) is 0 Å². The highest BCUT2D eigenvalue weighted by Crippen LogP contribution is 2.24. The average molecular weight is 378 g/mol. The molecule has 3 rings (SSSR count). The first-order valence-electron chi connectivity index (χ1n) is 9.51. The Morgan fingerprint density at radius 1 is 0.926 bits per heavy atom. The molecule has 1 N–H and O–H groups in total. The lowest BCUT2D eigenvalue weighted by Gasteiger charge is -2.15. The predicted molar refractivity (Wildman–Crippen MR) is 116 cm³/mol. The van der Waals surface area contributed by atoms with Gasteiger partial charge >= 0.3 is 0 Å². The van der Waals surface area contributed by atoms with Crippen LogP contribution in [0.25, 0.3) is 10.8 Å². The average Bonchev–Trinajstić information content (AvgIpc) is 2.66. The minimum Gasteiger partial charge on any atom is -0.349 e. The smallest absolute Gasteiger partial charge is 0.230 e. The van der Waals surface area contributed by atoms with Crippen LogP contribution in [0.3, 0.4) is 0 Å². The van der Waals surface area contributed by atoms with Crippen LogP contribution >= 0.6 is 11.8 Å². The standard InChI is InChI=1S/C24H27NOS/c1-17(2)14-19-8-10-20(11-9-19)18(3)25-24(26)16-27-23-13-12-21-6-4-5-7-22(21)15-23/h4-13,15,17-18H,14,16H2,1-3H3,(H,25,26)/t18-/m1/s1. The first kappa shape index (κ1) is 19.5. The van der Waals surface area contributed by atoms with Gasteiger partial charge in [-0.2, -0.15) is 0 Å². The molecular weight excluding hydrogens is 350 g/mol. The van der Waals surface area contributed by atoms with Gasteiger partial charge in [-0.05, 0) is 53.3 Å². The molecule has 3 heteroatoms. The van der Waals surface area contributed by atoms with E-state index in [9.17, 15) is 4.79 Å². The van der Waals surface area contributed by atoms with Crippen molar-refractivity contribution in [3.8, 4) is 0 Å². The maximum Gasteiger partial charge on any atom is 0.230 e. The Balaban J connectivity index is 1.53. The number of rotatable bonds is 7. The lowest BCUT2D eigenvalue weighted by Crippen LogP contribution is -2.28.